The Balaban J connectivity index is 1.71. The maximum atomic E-state index is 13.2. The molecule has 2 saturated carbocycles. The molecule has 8 atom stereocenters. The second kappa shape index (κ2) is 7.24. The summed E-state index contributed by atoms with van der Waals surface area (Å²) in [4.78, 5) is 36.6. The van der Waals surface area contributed by atoms with E-state index in [-0.39, 0.29) is 42.3 Å². The molecule has 168 valence electrons. The van der Waals surface area contributed by atoms with Gasteiger partial charge in [-0.1, -0.05) is 45.9 Å². The Kier molecular flexibility index (Phi) is 5.17. The van der Waals surface area contributed by atoms with Gasteiger partial charge in [-0.05, 0) is 48.3 Å². The summed E-state index contributed by atoms with van der Waals surface area (Å²) >= 11 is 0. The van der Waals surface area contributed by atoms with Crippen molar-refractivity contribution in [2.45, 2.75) is 58.7 Å². The molecular weight excluding hydrogens is 396 g/mol. The van der Waals surface area contributed by atoms with Crippen molar-refractivity contribution in [3.8, 4) is 0 Å². The number of carbonyl (C=O) groups excluding carboxylic acids is 3. The Labute approximate surface area is 183 Å². The van der Waals surface area contributed by atoms with Crippen LogP contribution in [0.4, 0.5) is 0 Å². The van der Waals surface area contributed by atoms with E-state index in [1.807, 2.05) is 26.0 Å². The molecule has 0 amide bonds. The van der Waals surface area contributed by atoms with Crippen LogP contribution in [0, 0.1) is 34.5 Å². The minimum Gasteiger partial charge on any atom is -0.458 e. The SMILES string of the molecule is CCC(=O)OCC(=O)[C@@]1(O)[C@H](C)C[C@H]2[C@@H]3C=CC4=CC(=O)C=C[C@]4(C)[C@H]3[C@@H](O)C[C@@]21C. The van der Waals surface area contributed by atoms with Gasteiger partial charge < -0.3 is 14.9 Å². The van der Waals surface area contributed by atoms with Gasteiger partial charge in [0, 0.05) is 23.2 Å². The van der Waals surface area contributed by atoms with Gasteiger partial charge in [-0.3, -0.25) is 14.4 Å². The van der Waals surface area contributed by atoms with Crippen molar-refractivity contribution in [2.24, 2.45) is 34.5 Å². The van der Waals surface area contributed by atoms with Crippen LogP contribution in [0.5, 0.6) is 0 Å². The van der Waals surface area contributed by atoms with Crippen LogP contribution in [0.2, 0.25) is 0 Å². The van der Waals surface area contributed by atoms with Crippen LogP contribution >= 0.6 is 0 Å². The van der Waals surface area contributed by atoms with Gasteiger partial charge in [0.05, 0.1) is 6.10 Å². The highest BCUT2D eigenvalue weighted by atomic mass is 16.5. The fraction of sp³-hybridized carbons (Fsp3) is 0.640. The van der Waals surface area contributed by atoms with Crippen LogP contribution in [0.25, 0.3) is 0 Å². The summed E-state index contributed by atoms with van der Waals surface area (Å²) in [5.74, 6) is -1.57. The molecule has 0 heterocycles. The molecule has 2 fully saturated rings. The topological polar surface area (TPSA) is 101 Å². The summed E-state index contributed by atoms with van der Waals surface area (Å²) < 4.78 is 5.06. The molecule has 0 aliphatic heterocycles. The van der Waals surface area contributed by atoms with Gasteiger partial charge in [-0.25, -0.2) is 0 Å². The molecule has 0 aromatic rings. The molecule has 31 heavy (non-hydrogen) atoms. The van der Waals surface area contributed by atoms with Gasteiger partial charge in [0.25, 0.3) is 0 Å². The van der Waals surface area contributed by atoms with Gasteiger partial charge in [-0.2, -0.15) is 0 Å². The number of ketones is 2. The number of hydrogen-bond acceptors (Lipinski definition) is 6. The number of rotatable bonds is 4. The highest BCUT2D eigenvalue weighted by Gasteiger charge is 2.70. The average molecular weight is 429 g/mol. The molecule has 4 aliphatic carbocycles. The zero-order chi connectivity index (χ0) is 22.8. The Morgan fingerprint density at radius 3 is 2.65 bits per heavy atom. The molecular formula is C25H32O6. The van der Waals surface area contributed by atoms with E-state index < -0.39 is 40.9 Å². The molecule has 0 unspecified atom stereocenters. The Morgan fingerprint density at radius 1 is 1.26 bits per heavy atom. The fourth-order valence-electron chi connectivity index (χ4n) is 7.07. The normalized spacial score (nSPS) is 45.4. The molecule has 0 saturated heterocycles. The summed E-state index contributed by atoms with van der Waals surface area (Å²) in [5.41, 5.74) is -2.11. The van der Waals surface area contributed by atoms with Crippen molar-refractivity contribution in [1.29, 1.82) is 0 Å². The smallest absolute Gasteiger partial charge is 0.305 e. The van der Waals surface area contributed by atoms with Gasteiger partial charge in [0.1, 0.15) is 5.60 Å². The maximum absolute atomic E-state index is 13.2. The van der Waals surface area contributed by atoms with E-state index in [0.717, 1.165) is 5.57 Å². The van der Waals surface area contributed by atoms with Crippen LogP contribution in [-0.4, -0.2) is 46.1 Å². The minimum absolute atomic E-state index is 0.0209. The molecule has 6 nitrogen and oxygen atoms in total. The van der Waals surface area contributed by atoms with E-state index in [9.17, 15) is 24.6 Å². The summed E-state index contributed by atoms with van der Waals surface area (Å²) in [6.07, 6.45) is 9.43. The summed E-state index contributed by atoms with van der Waals surface area (Å²) in [6, 6.07) is 0. The third kappa shape index (κ3) is 2.94. The first-order valence-corrected chi connectivity index (χ1v) is 11.2. The van der Waals surface area contributed by atoms with Gasteiger partial charge in [0.15, 0.2) is 12.4 Å². The Morgan fingerprint density at radius 2 is 1.97 bits per heavy atom. The third-order valence-electron chi connectivity index (χ3n) is 8.72. The van der Waals surface area contributed by atoms with Crippen LogP contribution in [0.3, 0.4) is 0 Å². The van der Waals surface area contributed by atoms with E-state index in [2.05, 4.69) is 13.0 Å². The molecule has 0 bridgehead atoms. The second-order valence-corrected chi connectivity index (χ2v) is 10.2. The van der Waals surface area contributed by atoms with Crippen LogP contribution in [0.1, 0.15) is 47.0 Å². The first kappa shape index (κ1) is 22.2. The lowest BCUT2D eigenvalue weighted by molar-refractivity contribution is -0.181. The first-order chi connectivity index (χ1) is 14.5. The quantitative estimate of drug-likeness (QED) is 0.668. The van der Waals surface area contributed by atoms with Gasteiger partial charge in [-0.15, -0.1) is 0 Å². The molecule has 2 N–H and O–H groups in total. The number of esters is 1. The monoisotopic (exact) mass is 428 g/mol. The van der Waals surface area contributed by atoms with Crippen molar-refractivity contribution in [3.63, 3.8) is 0 Å². The number of aliphatic hydroxyl groups excluding tert-OH is 1. The lowest BCUT2D eigenvalue weighted by Gasteiger charge is -2.57. The number of hydrogen-bond donors (Lipinski definition) is 2. The van der Waals surface area contributed by atoms with E-state index >= 15 is 0 Å². The van der Waals surface area contributed by atoms with Crippen molar-refractivity contribution in [2.75, 3.05) is 6.61 Å². The summed E-state index contributed by atoms with van der Waals surface area (Å²) in [6.45, 7) is 7.01. The van der Waals surface area contributed by atoms with Crippen molar-refractivity contribution in [1.82, 2.24) is 0 Å². The molecule has 4 aliphatic rings. The minimum atomic E-state index is -1.68. The standard InChI is InChI=1S/C25H32O6/c1-5-21(29)31-13-20(28)25(30)14(2)10-18-17-7-6-15-11-16(26)8-9-23(15,3)22(17)19(27)12-24(18,25)4/h6-9,11,14,17-19,22,27,30H,5,10,12-13H2,1-4H3/t14-,17+,18+,19+,22-,23+,24+,25+/m1/s1. The maximum Gasteiger partial charge on any atom is 0.305 e. The number of fused-ring (bicyclic) bond motifs is 5. The highest BCUT2D eigenvalue weighted by molar-refractivity contribution is 6.01. The van der Waals surface area contributed by atoms with Gasteiger partial charge >= 0.3 is 5.97 Å². The molecule has 6 heteroatoms. The second-order valence-electron chi connectivity index (χ2n) is 10.2. The van der Waals surface area contributed by atoms with Crippen LogP contribution in [-0.2, 0) is 19.1 Å². The number of ether oxygens (including phenoxy) is 1. The average Bonchev–Trinajstić information content (AvgIpc) is 2.93. The summed E-state index contributed by atoms with van der Waals surface area (Å²) in [7, 11) is 0. The number of allylic oxidation sites excluding steroid dienone is 6. The third-order valence-corrected chi connectivity index (χ3v) is 8.72. The number of carbonyl (C=O) groups is 3. The van der Waals surface area contributed by atoms with E-state index in [1.165, 1.54) is 0 Å². The van der Waals surface area contributed by atoms with Gasteiger partial charge in [0.2, 0.25) is 5.78 Å². The number of Topliss-reactive ketones (excluding diaryl/α,β-unsaturated/α-hetero) is 1. The first-order valence-electron chi connectivity index (χ1n) is 11.2. The van der Waals surface area contributed by atoms with Crippen molar-refractivity contribution >= 4 is 17.5 Å². The van der Waals surface area contributed by atoms with Crippen molar-refractivity contribution < 1.29 is 29.3 Å². The molecule has 0 aromatic heterocycles. The number of aliphatic hydroxyl groups is 2. The molecule has 0 radical (unpaired) electrons. The lowest BCUT2D eigenvalue weighted by Crippen LogP contribution is -2.62. The zero-order valence-corrected chi connectivity index (χ0v) is 18.6. The Bertz CT molecular complexity index is 915. The summed E-state index contributed by atoms with van der Waals surface area (Å²) in [5, 5.41) is 23.1. The van der Waals surface area contributed by atoms with E-state index in [1.54, 1.807) is 19.1 Å². The zero-order valence-electron chi connectivity index (χ0n) is 18.6. The van der Waals surface area contributed by atoms with Crippen molar-refractivity contribution in [3.05, 3.63) is 36.0 Å². The largest absolute Gasteiger partial charge is 0.458 e. The highest BCUT2D eigenvalue weighted by Crippen LogP contribution is 2.67. The van der Waals surface area contributed by atoms with E-state index in [0.29, 0.717) is 6.42 Å². The predicted octanol–water partition coefficient (Wildman–Crippen LogP) is 2.54. The van der Waals surface area contributed by atoms with E-state index in [4.69, 9.17) is 4.74 Å². The molecule has 0 aromatic carbocycles. The lowest BCUT2D eigenvalue weighted by atomic mass is 9.47. The van der Waals surface area contributed by atoms with Crippen LogP contribution < -0.4 is 0 Å². The molecule has 4 rings (SSSR count). The fourth-order valence-corrected chi connectivity index (χ4v) is 7.07. The predicted molar refractivity (Wildman–Crippen MR) is 114 cm³/mol. The molecule has 0 spiro atoms. The van der Waals surface area contributed by atoms with Crippen LogP contribution in [0.15, 0.2) is 36.0 Å². The Hall–Kier alpha value is -2.05.